The van der Waals surface area contributed by atoms with E-state index in [9.17, 15) is 4.79 Å². The Labute approximate surface area is 103 Å². The first-order valence-corrected chi connectivity index (χ1v) is 5.97. The number of Topliss-reactive ketones (excluding diaryl/α,β-unsaturated/α-hetero) is 1. The number of carbonyl (C=O) groups excluding carboxylic acids is 1. The molecule has 0 unspecified atom stereocenters. The largest absolute Gasteiger partial charge is 0.497 e. The lowest BCUT2D eigenvalue weighted by Crippen LogP contribution is -2.05. The summed E-state index contributed by atoms with van der Waals surface area (Å²) in [5.74, 6) is 1.32. The highest BCUT2D eigenvalue weighted by molar-refractivity contribution is 5.80. The zero-order chi connectivity index (χ0) is 12.7. The average Bonchev–Trinajstić information content (AvgIpc) is 2.35. The van der Waals surface area contributed by atoms with Crippen LogP contribution in [0.25, 0.3) is 6.08 Å². The fourth-order valence-electron chi connectivity index (χ4n) is 1.45. The first-order chi connectivity index (χ1) is 8.13. The second kappa shape index (κ2) is 6.89. The number of ether oxygens (including phenoxy) is 1. The summed E-state index contributed by atoms with van der Waals surface area (Å²) in [6, 6.07) is 7.86. The Morgan fingerprint density at radius 2 is 1.94 bits per heavy atom. The summed E-state index contributed by atoms with van der Waals surface area (Å²) < 4.78 is 5.08. The molecule has 1 aromatic rings. The molecule has 2 heteroatoms. The molecule has 1 rings (SSSR count). The quantitative estimate of drug-likeness (QED) is 0.747. The summed E-state index contributed by atoms with van der Waals surface area (Å²) in [6.07, 6.45) is 5.52. The van der Waals surface area contributed by atoms with E-state index in [0.29, 0.717) is 12.2 Å². The molecule has 0 aliphatic carbocycles. The second-order valence-corrected chi connectivity index (χ2v) is 4.34. The van der Waals surface area contributed by atoms with E-state index in [4.69, 9.17) is 4.74 Å². The highest BCUT2D eigenvalue weighted by atomic mass is 16.5. The lowest BCUT2D eigenvalue weighted by atomic mass is 10.0. The third-order valence-electron chi connectivity index (χ3n) is 2.63. The van der Waals surface area contributed by atoms with Crippen LogP contribution in [0.15, 0.2) is 30.3 Å². The van der Waals surface area contributed by atoms with Gasteiger partial charge in [0.2, 0.25) is 0 Å². The van der Waals surface area contributed by atoms with E-state index in [-0.39, 0.29) is 5.92 Å². The standard InChI is InChI=1S/C15H20O2/c1-12(2)15(16)7-5-4-6-13-8-10-14(17-3)11-9-13/h4,6,8-12H,5,7H2,1-3H3/b6-4+. The summed E-state index contributed by atoms with van der Waals surface area (Å²) in [5, 5.41) is 0. The van der Waals surface area contributed by atoms with Gasteiger partial charge < -0.3 is 4.74 Å². The molecule has 1 aromatic carbocycles. The van der Waals surface area contributed by atoms with Gasteiger partial charge in [-0.25, -0.2) is 0 Å². The van der Waals surface area contributed by atoms with Gasteiger partial charge in [-0.1, -0.05) is 38.1 Å². The molecule has 0 saturated carbocycles. The number of methoxy groups -OCH3 is 1. The van der Waals surface area contributed by atoms with E-state index >= 15 is 0 Å². The molecular formula is C15H20O2. The molecular weight excluding hydrogens is 212 g/mol. The molecule has 0 radical (unpaired) electrons. The van der Waals surface area contributed by atoms with Crippen LogP contribution in [0.3, 0.4) is 0 Å². The lowest BCUT2D eigenvalue weighted by Gasteiger charge is -2.01. The number of ketones is 1. The second-order valence-electron chi connectivity index (χ2n) is 4.34. The van der Waals surface area contributed by atoms with Crippen LogP contribution in [0.4, 0.5) is 0 Å². The van der Waals surface area contributed by atoms with Gasteiger partial charge in [0.1, 0.15) is 11.5 Å². The third kappa shape index (κ3) is 4.85. The van der Waals surface area contributed by atoms with E-state index in [1.807, 2.05) is 50.3 Å². The van der Waals surface area contributed by atoms with Crippen LogP contribution in [0, 0.1) is 5.92 Å². The smallest absolute Gasteiger partial charge is 0.135 e. The summed E-state index contributed by atoms with van der Waals surface area (Å²) >= 11 is 0. The highest BCUT2D eigenvalue weighted by Crippen LogP contribution is 2.13. The Hall–Kier alpha value is -1.57. The number of hydrogen-bond donors (Lipinski definition) is 0. The van der Waals surface area contributed by atoms with Crippen LogP contribution in [0.2, 0.25) is 0 Å². The minimum absolute atomic E-state index is 0.143. The molecule has 0 bridgehead atoms. The molecule has 0 fully saturated rings. The Bertz CT molecular complexity index is 374. The molecule has 92 valence electrons. The summed E-state index contributed by atoms with van der Waals surface area (Å²) in [7, 11) is 1.66. The van der Waals surface area contributed by atoms with Crippen molar-refractivity contribution in [3.05, 3.63) is 35.9 Å². The van der Waals surface area contributed by atoms with E-state index < -0.39 is 0 Å². The average molecular weight is 232 g/mol. The summed E-state index contributed by atoms with van der Waals surface area (Å²) in [4.78, 5) is 11.4. The first kappa shape index (κ1) is 13.5. The predicted molar refractivity (Wildman–Crippen MR) is 71.1 cm³/mol. The van der Waals surface area contributed by atoms with Crippen molar-refractivity contribution in [3.63, 3.8) is 0 Å². The van der Waals surface area contributed by atoms with Gasteiger partial charge in [-0.3, -0.25) is 4.79 Å². The van der Waals surface area contributed by atoms with Crippen molar-refractivity contribution in [3.8, 4) is 5.75 Å². The minimum atomic E-state index is 0.143. The van der Waals surface area contributed by atoms with E-state index in [1.165, 1.54) is 0 Å². The fraction of sp³-hybridized carbons (Fsp3) is 0.400. The van der Waals surface area contributed by atoms with Crippen LogP contribution >= 0.6 is 0 Å². The van der Waals surface area contributed by atoms with Crippen LogP contribution in [0.5, 0.6) is 5.75 Å². The monoisotopic (exact) mass is 232 g/mol. The zero-order valence-electron chi connectivity index (χ0n) is 10.8. The van der Waals surface area contributed by atoms with Crippen molar-refractivity contribution >= 4 is 11.9 Å². The first-order valence-electron chi connectivity index (χ1n) is 5.97. The molecule has 2 nitrogen and oxygen atoms in total. The van der Waals surface area contributed by atoms with Gasteiger partial charge in [0.05, 0.1) is 7.11 Å². The third-order valence-corrected chi connectivity index (χ3v) is 2.63. The molecule has 0 aliphatic heterocycles. The van der Waals surface area contributed by atoms with Gasteiger partial charge in [-0.15, -0.1) is 0 Å². The van der Waals surface area contributed by atoms with Gasteiger partial charge in [0.15, 0.2) is 0 Å². The van der Waals surface area contributed by atoms with Crippen LogP contribution in [-0.2, 0) is 4.79 Å². The Kier molecular flexibility index (Phi) is 5.47. The van der Waals surface area contributed by atoms with Crippen molar-refractivity contribution in [2.45, 2.75) is 26.7 Å². The SMILES string of the molecule is COc1ccc(/C=C/CCC(=O)C(C)C)cc1. The normalized spacial score (nSPS) is 11.1. The molecule has 17 heavy (non-hydrogen) atoms. The van der Waals surface area contributed by atoms with Gasteiger partial charge in [-0.2, -0.15) is 0 Å². The van der Waals surface area contributed by atoms with Crippen molar-refractivity contribution in [1.82, 2.24) is 0 Å². The molecule has 0 atom stereocenters. The van der Waals surface area contributed by atoms with Gasteiger partial charge >= 0.3 is 0 Å². The number of rotatable bonds is 6. The van der Waals surface area contributed by atoms with Crippen molar-refractivity contribution in [1.29, 1.82) is 0 Å². The molecule has 0 N–H and O–H groups in total. The van der Waals surface area contributed by atoms with Gasteiger partial charge in [0, 0.05) is 12.3 Å². The molecule has 0 saturated heterocycles. The molecule has 0 heterocycles. The van der Waals surface area contributed by atoms with E-state index in [1.54, 1.807) is 7.11 Å². The topological polar surface area (TPSA) is 26.3 Å². The van der Waals surface area contributed by atoms with Gasteiger partial charge in [0.25, 0.3) is 0 Å². The van der Waals surface area contributed by atoms with Crippen molar-refractivity contribution in [2.24, 2.45) is 5.92 Å². The number of carbonyl (C=O) groups is 1. The van der Waals surface area contributed by atoms with E-state index in [2.05, 4.69) is 0 Å². The molecule has 0 spiro atoms. The van der Waals surface area contributed by atoms with Crippen LogP contribution in [0.1, 0.15) is 32.3 Å². The fourth-order valence-corrected chi connectivity index (χ4v) is 1.45. The number of benzene rings is 1. The van der Waals surface area contributed by atoms with Crippen LogP contribution < -0.4 is 4.74 Å². The molecule has 0 aliphatic rings. The number of hydrogen-bond acceptors (Lipinski definition) is 2. The predicted octanol–water partition coefficient (Wildman–Crippen LogP) is 3.71. The molecule has 0 aromatic heterocycles. The Morgan fingerprint density at radius 3 is 2.47 bits per heavy atom. The maximum atomic E-state index is 11.4. The van der Waals surface area contributed by atoms with E-state index in [0.717, 1.165) is 17.7 Å². The highest BCUT2D eigenvalue weighted by Gasteiger charge is 2.04. The van der Waals surface area contributed by atoms with Crippen molar-refractivity contribution < 1.29 is 9.53 Å². The zero-order valence-corrected chi connectivity index (χ0v) is 10.8. The molecule has 0 amide bonds. The maximum Gasteiger partial charge on any atom is 0.135 e. The van der Waals surface area contributed by atoms with Crippen LogP contribution in [-0.4, -0.2) is 12.9 Å². The summed E-state index contributed by atoms with van der Waals surface area (Å²) in [5.41, 5.74) is 1.13. The maximum absolute atomic E-state index is 11.4. The van der Waals surface area contributed by atoms with Gasteiger partial charge in [-0.05, 0) is 24.1 Å². The van der Waals surface area contributed by atoms with Crippen molar-refractivity contribution in [2.75, 3.05) is 7.11 Å². The Balaban J connectivity index is 2.40. The summed E-state index contributed by atoms with van der Waals surface area (Å²) in [6.45, 7) is 3.88. The number of allylic oxidation sites excluding steroid dienone is 1. The lowest BCUT2D eigenvalue weighted by molar-refractivity contribution is -0.121. The minimum Gasteiger partial charge on any atom is -0.497 e. The Morgan fingerprint density at radius 1 is 1.29 bits per heavy atom.